The van der Waals surface area contributed by atoms with Crippen LogP contribution < -0.4 is 0 Å². The van der Waals surface area contributed by atoms with Gasteiger partial charge in [-0.15, -0.1) is 0 Å². The number of rotatable bonds is 1. The van der Waals surface area contributed by atoms with Crippen LogP contribution >= 0.6 is 0 Å². The van der Waals surface area contributed by atoms with Gasteiger partial charge in [0.05, 0.1) is 11.7 Å². The highest BCUT2D eigenvalue weighted by Gasteiger charge is 2.84. The van der Waals surface area contributed by atoms with Crippen LogP contribution in [0.3, 0.4) is 0 Å². The predicted octanol–water partition coefficient (Wildman–Crippen LogP) is 5.24. The van der Waals surface area contributed by atoms with Crippen molar-refractivity contribution in [2.24, 2.45) is 27.6 Å². The molecule has 194 valence electrons. The van der Waals surface area contributed by atoms with E-state index in [2.05, 4.69) is 53.7 Å². The van der Waals surface area contributed by atoms with Crippen LogP contribution in [0.1, 0.15) is 99.8 Å². The maximum absolute atomic E-state index is 14.0. The highest BCUT2D eigenvalue weighted by Crippen LogP contribution is 2.76. The van der Waals surface area contributed by atoms with E-state index in [0.29, 0.717) is 18.8 Å². The van der Waals surface area contributed by atoms with Gasteiger partial charge in [0, 0.05) is 5.41 Å². The van der Waals surface area contributed by atoms with E-state index in [1.165, 1.54) is 11.1 Å². The maximum atomic E-state index is 14.0. The molecular weight excluding hydrogens is 440 g/mol. The lowest BCUT2D eigenvalue weighted by molar-refractivity contribution is -0.201. The number of fused-ring (bicyclic) bond motifs is 4. The topological polar surface area (TPSA) is 76.0 Å². The number of hydrogen-bond donors (Lipinski definition) is 2. The molecule has 4 fully saturated rings. The van der Waals surface area contributed by atoms with E-state index in [-0.39, 0.29) is 34.6 Å². The zero-order valence-electron chi connectivity index (χ0n) is 22.7. The van der Waals surface area contributed by atoms with Crippen LogP contribution in [0.5, 0.6) is 0 Å². The van der Waals surface area contributed by atoms with Crippen molar-refractivity contribution in [1.29, 1.82) is 0 Å². The van der Waals surface area contributed by atoms with Gasteiger partial charge in [0.25, 0.3) is 0 Å². The first-order chi connectivity index (χ1) is 16.1. The van der Waals surface area contributed by atoms with Crippen LogP contribution in [-0.2, 0) is 14.3 Å². The molecule has 5 heteroatoms. The minimum atomic E-state index is -1.28. The second-order valence-electron chi connectivity index (χ2n) is 14.5. The Labute approximate surface area is 210 Å². The third kappa shape index (κ3) is 2.50. The van der Waals surface area contributed by atoms with Crippen LogP contribution in [0.15, 0.2) is 23.3 Å². The number of ether oxygens (including phenoxy) is 2. The summed E-state index contributed by atoms with van der Waals surface area (Å²) in [5.41, 5.74) is -1.69. The molecule has 0 aromatic carbocycles. The fourth-order valence-electron chi connectivity index (χ4n) is 9.98. The summed E-state index contributed by atoms with van der Waals surface area (Å²) < 4.78 is 12.7. The third-order valence-corrected chi connectivity index (χ3v) is 12.3. The number of aliphatic hydroxyl groups excluding tert-OH is 1. The second-order valence-corrected chi connectivity index (χ2v) is 14.5. The van der Waals surface area contributed by atoms with Crippen molar-refractivity contribution in [1.82, 2.24) is 0 Å². The average Bonchev–Trinajstić information content (AvgIpc) is 3.32. The first kappa shape index (κ1) is 24.2. The van der Waals surface area contributed by atoms with Crippen molar-refractivity contribution in [3.63, 3.8) is 0 Å². The molecule has 4 aliphatic carbocycles. The molecule has 5 nitrogen and oxygen atoms in total. The van der Waals surface area contributed by atoms with Gasteiger partial charge in [0.1, 0.15) is 17.1 Å². The SMILES string of the molecule is CC1(C)CC[C@H]([C@]2(C)OC(=O)[C@]34CC=C5C(=CC[C@H]6C(C)(C)[C@@H](O)CC[C@]56C)[C@]3(C)CC[C@@]42O)O1. The lowest BCUT2D eigenvalue weighted by Gasteiger charge is -2.60. The Bertz CT molecular complexity index is 1050. The first-order valence-electron chi connectivity index (χ1n) is 13.8. The molecule has 1 spiro atoms. The van der Waals surface area contributed by atoms with Gasteiger partial charge in [0.2, 0.25) is 0 Å². The highest BCUT2D eigenvalue weighted by molar-refractivity contribution is 5.87. The molecule has 0 amide bonds. The molecule has 8 atom stereocenters. The molecule has 2 saturated carbocycles. The van der Waals surface area contributed by atoms with E-state index in [1.54, 1.807) is 0 Å². The van der Waals surface area contributed by atoms with Crippen LogP contribution in [0.2, 0.25) is 0 Å². The Morgan fingerprint density at radius 2 is 1.63 bits per heavy atom. The summed E-state index contributed by atoms with van der Waals surface area (Å²) in [5, 5.41) is 23.4. The number of carbonyl (C=O) groups is 1. The van der Waals surface area contributed by atoms with Gasteiger partial charge in [0.15, 0.2) is 5.60 Å². The summed E-state index contributed by atoms with van der Waals surface area (Å²) in [4.78, 5) is 14.0. The van der Waals surface area contributed by atoms with Crippen LogP contribution in [0.25, 0.3) is 0 Å². The Kier molecular flexibility index (Phi) is 4.58. The number of cyclic esters (lactones) is 1. The van der Waals surface area contributed by atoms with Gasteiger partial charge < -0.3 is 19.7 Å². The van der Waals surface area contributed by atoms with Gasteiger partial charge in [-0.1, -0.05) is 39.8 Å². The van der Waals surface area contributed by atoms with Crippen molar-refractivity contribution < 1.29 is 24.5 Å². The van der Waals surface area contributed by atoms with Crippen molar-refractivity contribution in [2.75, 3.05) is 0 Å². The third-order valence-electron chi connectivity index (χ3n) is 12.3. The van der Waals surface area contributed by atoms with Crippen molar-refractivity contribution in [3.05, 3.63) is 23.3 Å². The normalized spacial score (nSPS) is 53.6. The molecule has 6 rings (SSSR count). The van der Waals surface area contributed by atoms with Crippen molar-refractivity contribution in [3.8, 4) is 0 Å². The quantitative estimate of drug-likeness (QED) is 0.498. The fraction of sp³-hybridized carbons (Fsp3) is 0.833. The molecule has 2 aliphatic heterocycles. The molecule has 0 aromatic heterocycles. The molecular formula is C30H44O5. The van der Waals surface area contributed by atoms with Gasteiger partial charge in [-0.25, -0.2) is 0 Å². The molecule has 0 aromatic rings. The molecule has 2 heterocycles. The second kappa shape index (κ2) is 6.63. The number of esters is 1. The lowest BCUT2D eigenvalue weighted by atomic mass is 9.43. The minimum absolute atomic E-state index is 0.0391. The Hall–Kier alpha value is -1.17. The highest BCUT2D eigenvalue weighted by atomic mass is 16.6. The molecule has 2 saturated heterocycles. The zero-order chi connectivity index (χ0) is 25.4. The first-order valence-corrected chi connectivity index (χ1v) is 13.8. The van der Waals surface area contributed by atoms with E-state index >= 15 is 0 Å². The predicted molar refractivity (Wildman–Crippen MR) is 133 cm³/mol. The number of aliphatic hydroxyl groups is 2. The van der Waals surface area contributed by atoms with Crippen molar-refractivity contribution >= 4 is 5.97 Å². The van der Waals surface area contributed by atoms with Crippen LogP contribution in [0.4, 0.5) is 0 Å². The van der Waals surface area contributed by atoms with Gasteiger partial charge in [-0.2, -0.15) is 0 Å². The van der Waals surface area contributed by atoms with E-state index < -0.39 is 22.0 Å². The molecule has 0 bridgehead atoms. The number of allylic oxidation sites excluding steroid dienone is 4. The molecule has 6 aliphatic rings. The van der Waals surface area contributed by atoms with Crippen LogP contribution in [-0.4, -0.2) is 45.2 Å². The molecule has 2 N–H and O–H groups in total. The van der Waals surface area contributed by atoms with E-state index in [1.807, 2.05) is 6.92 Å². The largest absolute Gasteiger partial charge is 0.453 e. The Balaban J connectivity index is 1.46. The van der Waals surface area contributed by atoms with Gasteiger partial charge in [-0.05, 0) is 100 Å². The fourth-order valence-corrected chi connectivity index (χ4v) is 9.98. The molecule has 35 heavy (non-hydrogen) atoms. The van der Waals surface area contributed by atoms with E-state index in [4.69, 9.17) is 9.47 Å². The van der Waals surface area contributed by atoms with E-state index in [9.17, 15) is 15.0 Å². The summed E-state index contributed by atoms with van der Waals surface area (Å²) >= 11 is 0. The van der Waals surface area contributed by atoms with Gasteiger partial charge in [-0.3, -0.25) is 4.79 Å². The van der Waals surface area contributed by atoms with Crippen molar-refractivity contribution in [2.45, 2.75) is 129 Å². The Morgan fingerprint density at radius 1 is 0.914 bits per heavy atom. The van der Waals surface area contributed by atoms with E-state index in [0.717, 1.165) is 38.5 Å². The van der Waals surface area contributed by atoms with Crippen LogP contribution in [0, 0.1) is 27.6 Å². The standard InChI is InChI=1S/C30H44O5/c1-24(2)13-12-22(34-24)28(7)30(33)17-16-27(6)19-8-9-20-25(3,4)21(31)11-14-26(20,5)18(19)10-15-29(27,30)23(32)35-28/h8,10,20-22,31,33H,9,11-17H2,1-7H3/t20-,21-,22+,26+,27-,28-,29+,30-/m0/s1. The summed E-state index contributed by atoms with van der Waals surface area (Å²) in [6, 6.07) is 0. The summed E-state index contributed by atoms with van der Waals surface area (Å²) in [6.07, 6.45) is 10.1. The maximum Gasteiger partial charge on any atom is 0.317 e. The summed E-state index contributed by atoms with van der Waals surface area (Å²) in [7, 11) is 0. The van der Waals surface area contributed by atoms with Gasteiger partial charge >= 0.3 is 5.97 Å². The Morgan fingerprint density at radius 3 is 2.29 bits per heavy atom. The zero-order valence-corrected chi connectivity index (χ0v) is 22.7. The summed E-state index contributed by atoms with van der Waals surface area (Å²) in [6.45, 7) is 15.1. The molecule has 0 unspecified atom stereocenters. The minimum Gasteiger partial charge on any atom is -0.453 e. The molecule has 0 radical (unpaired) electrons. The average molecular weight is 485 g/mol. The monoisotopic (exact) mass is 484 g/mol. The lowest BCUT2D eigenvalue weighted by Crippen LogP contribution is -2.64. The number of hydrogen-bond acceptors (Lipinski definition) is 5. The smallest absolute Gasteiger partial charge is 0.317 e. The number of carbonyl (C=O) groups excluding carboxylic acids is 1. The summed E-state index contributed by atoms with van der Waals surface area (Å²) in [5.74, 6) is 0.0975.